The van der Waals surface area contributed by atoms with Gasteiger partial charge in [-0.1, -0.05) is 72.3 Å². The zero-order valence-electron chi connectivity index (χ0n) is 19.5. The van der Waals surface area contributed by atoms with Crippen LogP contribution in [-0.4, -0.2) is 31.0 Å². The second-order valence-corrected chi connectivity index (χ2v) is 9.17. The highest BCUT2D eigenvalue weighted by molar-refractivity contribution is 5.41. The molecule has 1 aromatic rings. The number of ether oxygens (including phenoxy) is 2. The molecule has 0 aromatic heterocycles. The average molecular weight is 408 g/mol. The number of benzene rings is 1. The van der Waals surface area contributed by atoms with Gasteiger partial charge in [-0.3, -0.25) is 0 Å². The molecule has 0 amide bonds. The van der Waals surface area contributed by atoms with Gasteiger partial charge >= 0.3 is 0 Å². The molecule has 0 saturated carbocycles. The lowest BCUT2D eigenvalue weighted by molar-refractivity contribution is 0.146. The first-order valence-electron chi connectivity index (χ1n) is 11.5. The SMILES string of the molecule is COc1cc(OCCCCCCCCC(C)C)ccc1CC[C@@](N)(CO)C(C)C. The molecule has 29 heavy (non-hydrogen) atoms. The molecule has 0 aliphatic carbocycles. The lowest BCUT2D eigenvalue weighted by Crippen LogP contribution is -2.48. The molecule has 0 aliphatic rings. The van der Waals surface area contributed by atoms with E-state index in [0.717, 1.165) is 48.8 Å². The van der Waals surface area contributed by atoms with Crippen molar-refractivity contribution in [1.82, 2.24) is 0 Å². The molecule has 1 rings (SSSR count). The van der Waals surface area contributed by atoms with Crippen molar-refractivity contribution in [2.75, 3.05) is 20.3 Å². The van der Waals surface area contributed by atoms with Gasteiger partial charge in [-0.25, -0.2) is 0 Å². The van der Waals surface area contributed by atoms with Crippen molar-refractivity contribution in [3.05, 3.63) is 23.8 Å². The summed E-state index contributed by atoms with van der Waals surface area (Å²) in [6.07, 6.45) is 10.5. The highest BCUT2D eigenvalue weighted by Crippen LogP contribution is 2.28. The molecule has 0 heterocycles. The van der Waals surface area contributed by atoms with Crippen molar-refractivity contribution in [2.45, 2.75) is 91.0 Å². The average Bonchev–Trinajstić information content (AvgIpc) is 2.70. The lowest BCUT2D eigenvalue weighted by atomic mass is 9.83. The Balaban J connectivity index is 2.36. The topological polar surface area (TPSA) is 64.7 Å². The minimum absolute atomic E-state index is 0.00803. The molecule has 4 nitrogen and oxygen atoms in total. The van der Waals surface area contributed by atoms with E-state index < -0.39 is 5.54 Å². The normalized spacial score (nSPS) is 13.7. The van der Waals surface area contributed by atoms with Crippen LogP contribution in [0, 0.1) is 11.8 Å². The number of hydrogen-bond donors (Lipinski definition) is 2. The fraction of sp³-hybridized carbons (Fsp3) is 0.760. The maximum Gasteiger partial charge on any atom is 0.125 e. The second-order valence-electron chi connectivity index (χ2n) is 9.17. The van der Waals surface area contributed by atoms with E-state index in [2.05, 4.69) is 33.8 Å². The number of aliphatic hydroxyl groups excluding tert-OH is 1. The molecular weight excluding hydrogens is 362 g/mol. The summed E-state index contributed by atoms with van der Waals surface area (Å²) >= 11 is 0. The molecule has 0 saturated heterocycles. The van der Waals surface area contributed by atoms with Crippen molar-refractivity contribution in [3.63, 3.8) is 0 Å². The number of aryl methyl sites for hydroxylation is 1. The Morgan fingerprint density at radius 1 is 1.00 bits per heavy atom. The van der Waals surface area contributed by atoms with Crippen molar-refractivity contribution in [1.29, 1.82) is 0 Å². The van der Waals surface area contributed by atoms with Gasteiger partial charge in [-0.15, -0.1) is 0 Å². The summed E-state index contributed by atoms with van der Waals surface area (Å²) in [4.78, 5) is 0. The van der Waals surface area contributed by atoms with E-state index in [0.29, 0.717) is 0 Å². The molecule has 4 heteroatoms. The van der Waals surface area contributed by atoms with Crippen LogP contribution in [0.3, 0.4) is 0 Å². The molecule has 0 radical (unpaired) electrons. The first-order valence-corrected chi connectivity index (χ1v) is 11.5. The summed E-state index contributed by atoms with van der Waals surface area (Å²) in [6, 6.07) is 6.03. The zero-order valence-corrected chi connectivity index (χ0v) is 19.5. The standard InChI is InChI=1S/C25H45NO3/c1-20(2)12-10-8-6-7-9-11-17-29-23-14-13-22(24(18-23)28-5)15-16-25(26,19-27)21(3)4/h13-14,18,20-21,27H,6-12,15-17,19,26H2,1-5H3/t25-/m1/s1. The van der Waals surface area contributed by atoms with E-state index in [4.69, 9.17) is 15.2 Å². The summed E-state index contributed by atoms with van der Waals surface area (Å²) in [7, 11) is 1.69. The molecule has 0 spiro atoms. The number of nitrogens with two attached hydrogens (primary N) is 1. The monoisotopic (exact) mass is 407 g/mol. The summed E-state index contributed by atoms with van der Waals surface area (Å²) in [6.45, 7) is 9.44. The molecule has 0 fully saturated rings. The fourth-order valence-electron chi connectivity index (χ4n) is 3.49. The van der Waals surface area contributed by atoms with E-state index in [9.17, 15) is 5.11 Å². The molecule has 0 unspecified atom stereocenters. The van der Waals surface area contributed by atoms with Crippen LogP contribution in [-0.2, 0) is 6.42 Å². The Morgan fingerprint density at radius 2 is 1.66 bits per heavy atom. The van der Waals surface area contributed by atoms with Gasteiger partial charge in [0.05, 0.1) is 20.3 Å². The Morgan fingerprint density at radius 3 is 2.24 bits per heavy atom. The van der Waals surface area contributed by atoms with Gasteiger partial charge in [0, 0.05) is 11.6 Å². The predicted molar refractivity (Wildman–Crippen MR) is 123 cm³/mol. The molecular formula is C25H45NO3. The molecule has 168 valence electrons. The second kappa shape index (κ2) is 13.9. The van der Waals surface area contributed by atoms with Crippen LogP contribution in [0.5, 0.6) is 11.5 Å². The molecule has 0 bridgehead atoms. The smallest absolute Gasteiger partial charge is 0.125 e. The van der Waals surface area contributed by atoms with Crippen LogP contribution in [0.25, 0.3) is 0 Å². The van der Waals surface area contributed by atoms with Gasteiger partial charge in [0.1, 0.15) is 11.5 Å². The Bertz CT molecular complexity index is 559. The minimum atomic E-state index is -0.561. The summed E-state index contributed by atoms with van der Waals surface area (Å²) in [5.41, 5.74) is 6.88. The van der Waals surface area contributed by atoms with E-state index in [1.807, 2.05) is 12.1 Å². The van der Waals surface area contributed by atoms with Crippen molar-refractivity contribution in [2.24, 2.45) is 17.6 Å². The predicted octanol–water partition coefficient (Wildman–Crippen LogP) is 5.74. The number of unbranched alkanes of at least 4 members (excludes halogenated alkanes) is 5. The number of hydrogen-bond acceptors (Lipinski definition) is 4. The maximum atomic E-state index is 9.65. The summed E-state index contributed by atoms with van der Waals surface area (Å²) in [5, 5.41) is 9.65. The molecule has 3 N–H and O–H groups in total. The van der Waals surface area contributed by atoms with Gasteiger partial charge in [-0.2, -0.15) is 0 Å². The van der Waals surface area contributed by atoms with Crippen LogP contribution in [0.2, 0.25) is 0 Å². The van der Waals surface area contributed by atoms with E-state index >= 15 is 0 Å². The van der Waals surface area contributed by atoms with Gasteiger partial charge in [0.25, 0.3) is 0 Å². The Hall–Kier alpha value is -1.26. The van der Waals surface area contributed by atoms with Crippen LogP contribution < -0.4 is 15.2 Å². The van der Waals surface area contributed by atoms with Crippen LogP contribution in [0.4, 0.5) is 0 Å². The number of methoxy groups -OCH3 is 1. The third-order valence-corrected chi connectivity index (χ3v) is 6.01. The third-order valence-electron chi connectivity index (χ3n) is 6.01. The largest absolute Gasteiger partial charge is 0.496 e. The quantitative estimate of drug-likeness (QED) is 0.343. The first-order chi connectivity index (χ1) is 13.8. The highest BCUT2D eigenvalue weighted by Gasteiger charge is 2.28. The van der Waals surface area contributed by atoms with Gasteiger partial charge < -0.3 is 20.3 Å². The zero-order chi connectivity index (χ0) is 21.7. The summed E-state index contributed by atoms with van der Waals surface area (Å²) in [5.74, 6) is 2.73. The van der Waals surface area contributed by atoms with Crippen LogP contribution in [0.1, 0.15) is 84.6 Å². The van der Waals surface area contributed by atoms with Crippen molar-refractivity contribution < 1.29 is 14.6 Å². The highest BCUT2D eigenvalue weighted by atomic mass is 16.5. The van der Waals surface area contributed by atoms with Crippen LogP contribution in [0.15, 0.2) is 18.2 Å². The Kier molecular flexibility index (Phi) is 12.3. The first kappa shape index (κ1) is 25.8. The van der Waals surface area contributed by atoms with Gasteiger partial charge in [0.2, 0.25) is 0 Å². The van der Waals surface area contributed by atoms with Crippen LogP contribution >= 0.6 is 0 Å². The van der Waals surface area contributed by atoms with E-state index in [1.54, 1.807) is 7.11 Å². The summed E-state index contributed by atoms with van der Waals surface area (Å²) < 4.78 is 11.5. The molecule has 1 aromatic carbocycles. The van der Waals surface area contributed by atoms with E-state index in [1.165, 1.54) is 38.5 Å². The number of aliphatic hydroxyl groups is 1. The maximum absolute atomic E-state index is 9.65. The Labute approximate surface area is 179 Å². The molecule has 1 atom stereocenters. The number of rotatable bonds is 16. The van der Waals surface area contributed by atoms with E-state index in [-0.39, 0.29) is 12.5 Å². The van der Waals surface area contributed by atoms with Crippen molar-refractivity contribution in [3.8, 4) is 11.5 Å². The van der Waals surface area contributed by atoms with Crippen molar-refractivity contribution >= 4 is 0 Å². The lowest BCUT2D eigenvalue weighted by Gasteiger charge is -2.31. The fourth-order valence-corrected chi connectivity index (χ4v) is 3.49. The minimum Gasteiger partial charge on any atom is -0.496 e. The van der Waals surface area contributed by atoms with Gasteiger partial charge in [-0.05, 0) is 42.7 Å². The van der Waals surface area contributed by atoms with Gasteiger partial charge in [0.15, 0.2) is 0 Å². The third kappa shape index (κ3) is 9.86. The molecule has 0 aliphatic heterocycles.